The summed E-state index contributed by atoms with van der Waals surface area (Å²) in [5.41, 5.74) is 0.648. The van der Waals surface area contributed by atoms with Gasteiger partial charge in [0.1, 0.15) is 5.75 Å². The Bertz CT molecular complexity index is 987. The SMILES string of the molecule is O=S(=O)(c1ccccc1)n1ccc2ccc(OCC3CCCCC3)cc21. The van der Waals surface area contributed by atoms with E-state index in [1.165, 1.54) is 36.1 Å². The zero-order chi connectivity index (χ0) is 18.0. The van der Waals surface area contributed by atoms with Crippen LogP contribution in [0, 0.1) is 5.92 Å². The van der Waals surface area contributed by atoms with Gasteiger partial charge in [-0.3, -0.25) is 0 Å². The first kappa shape index (κ1) is 17.2. The molecule has 3 aromatic rings. The molecule has 0 saturated heterocycles. The summed E-state index contributed by atoms with van der Waals surface area (Å²) in [7, 11) is -3.61. The van der Waals surface area contributed by atoms with Crippen LogP contribution in [0.5, 0.6) is 5.75 Å². The summed E-state index contributed by atoms with van der Waals surface area (Å²) in [4.78, 5) is 0.283. The fraction of sp³-hybridized carbons (Fsp3) is 0.333. The highest BCUT2D eigenvalue weighted by atomic mass is 32.2. The lowest BCUT2D eigenvalue weighted by atomic mass is 9.90. The minimum Gasteiger partial charge on any atom is -0.493 e. The molecule has 1 heterocycles. The fourth-order valence-corrected chi connectivity index (χ4v) is 5.02. The van der Waals surface area contributed by atoms with Crippen molar-refractivity contribution in [3.63, 3.8) is 0 Å². The van der Waals surface area contributed by atoms with Gasteiger partial charge in [0.05, 0.1) is 17.0 Å². The van der Waals surface area contributed by atoms with Gasteiger partial charge in [-0.2, -0.15) is 0 Å². The molecular formula is C21H23NO3S. The van der Waals surface area contributed by atoms with E-state index in [2.05, 4.69) is 0 Å². The number of hydrogen-bond acceptors (Lipinski definition) is 3. The molecular weight excluding hydrogens is 346 g/mol. The van der Waals surface area contributed by atoms with Crippen LogP contribution in [-0.2, 0) is 10.0 Å². The first-order valence-electron chi connectivity index (χ1n) is 9.19. The molecule has 0 bridgehead atoms. The lowest BCUT2D eigenvalue weighted by Gasteiger charge is -2.21. The quantitative estimate of drug-likeness (QED) is 0.647. The molecule has 1 aliphatic carbocycles. The molecule has 1 aromatic heterocycles. The predicted octanol–water partition coefficient (Wildman–Crippen LogP) is 4.84. The summed E-state index contributed by atoms with van der Waals surface area (Å²) in [5, 5.41) is 0.884. The number of benzene rings is 2. The summed E-state index contributed by atoms with van der Waals surface area (Å²) in [6.07, 6.45) is 7.95. The van der Waals surface area contributed by atoms with Crippen molar-refractivity contribution in [3.8, 4) is 5.75 Å². The number of rotatable bonds is 5. The van der Waals surface area contributed by atoms with Crippen molar-refractivity contribution in [1.82, 2.24) is 3.97 Å². The summed E-state index contributed by atoms with van der Waals surface area (Å²) in [5.74, 6) is 1.34. The third kappa shape index (κ3) is 3.36. The van der Waals surface area contributed by atoms with Crippen molar-refractivity contribution in [2.75, 3.05) is 6.61 Å². The Balaban J connectivity index is 1.62. The molecule has 1 fully saturated rings. The van der Waals surface area contributed by atoms with Gasteiger partial charge < -0.3 is 4.74 Å². The van der Waals surface area contributed by atoms with Crippen LogP contribution in [0.4, 0.5) is 0 Å². The van der Waals surface area contributed by atoms with E-state index in [0.717, 1.165) is 11.1 Å². The van der Waals surface area contributed by atoms with Gasteiger partial charge in [-0.1, -0.05) is 37.5 Å². The predicted molar refractivity (Wildman–Crippen MR) is 103 cm³/mol. The van der Waals surface area contributed by atoms with E-state index in [0.29, 0.717) is 18.0 Å². The smallest absolute Gasteiger partial charge is 0.268 e. The molecule has 26 heavy (non-hydrogen) atoms. The first-order chi connectivity index (χ1) is 12.6. The highest BCUT2D eigenvalue weighted by molar-refractivity contribution is 7.90. The molecule has 0 spiro atoms. The Hall–Kier alpha value is -2.27. The van der Waals surface area contributed by atoms with Crippen molar-refractivity contribution >= 4 is 20.9 Å². The standard InChI is InChI=1S/C21H23NO3S/c23-26(24,20-9-5-2-6-10-20)22-14-13-18-11-12-19(15-21(18)22)25-16-17-7-3-1-4-8-17/h2,5-6,9-15,17H,1,3-4,7-8,16H2. The second-order valence-electron chi connectivity index (χ2n) is 6.97. The van der Waals surface area contributed by atoms with Crippen molar-refractivity contribution in [1.29, 1.82) is 0 Å². The number of aromatic nitrogens is 1. The minimum atomic E-state index is -3.61. The summed E-state index contributed by atoms with van der Waals surface area (Å²) in [6, 6.07) is 16.0. The van der Waals surface area contributed by atoms with Crippen molar-refractivity contribution in [3.05, 3.63) is 60.8 Å². The molecule has 0 unspecified atom stereocenters. The van der Waals surface area contributed by atoms with Crippen LogP contribution in [-0.4, -0.2) is 19.0 Å². The third-order valence-electron chi connectivity index (χ3n) is 5.14. The second-order valence-corrected chi connectivity index (χ2v) is 8.78. The molecule has 5 heteroatoms. The molecule has 0 amide bonds. The van der Waals surface area contributed by atoms with Gasteiger partial charge in [0.2, 0.25) is 0 Å². The Morgan fingerprint density at radius 1 is 0.962 bits per heavy atom. The average Bonchev–Trinajstić information content (AvgIpc) is 3.12. The van der Waals surface area contributed by atoms with Gasteiger partial charge >= 0.3 is 0 Å². The van der Waals surface area contributed by atoms with Crippen LogP contribution < -0.4 is 4.74 Å². The van der Waals surface area contributed by atoms with E-state index in [9.17, 15) is 8.42 Å². The van der Waals surface area contributed by atoms with Gasteiger partial charge in [0.25, 0.3) is 10.0 Å². The fourth-order valence-electron chi connectivity index (χ4n) is 3.66. The molecule has 136 valence electrons. The summed E-state index contributed by atoms with van der Waals surface area (Å²) in [6.45, 7) is 0.706. The van der Waals surface area contributed by atoms with Crippen LogP contribution in [0.2, 0.25) is 0 Å². The molecule has 2 aromatic carbocycles. The maximum atomic E-state index is 12.9. The van der Waals surface area contributed by atoms with E-state index < -0.39 is 10.0 Å². The Morgan fingerprint density at radius 3 is 2.50 bits per heavy atom. The monoisotopic (exact) mass is 369 g/mol. The van der Waals surface area contributed by atoms with E-state index in [4.69, 9.17) is 4.74 Å². The number of fused-ring (bicyclic) bond motifs is 1. The lowest BCUT2D eigenvalue weighted by Crippen LogP contribution is -2.15. The van der Waals surface area contributed by atoms with E-state index in [-0.39, 0.29) is 4.90 Å². The zero-order valence-electron chi connectivity index (χ0n) is 14.7. The number of hydrogen-bond donors (Lipinski definition) is 0. The van der Waals surface area contributed by atoms with E-state index >= 15 is 0 Å². The van der Waals surface area contributed by atoms with Crippen LogP contribution >= 0.6 is 0 Å². The third-order valence-corrected chi connectivity index (χ3v) is 6.84. The first-order valence-corrected chi connectivity index (χ1v) is 10.6. The van der Waals surface area contributed by atoms with Crippen LogP contribution in [0.3, 0.4) is 0 Å². The molecule has 0 N–H and O–H groups in total. The highest BCUT2D eigenvalue weighted by Crippen LogP contribution is 2.28. The Kier molecular flexibility index (Phi) is 4.72. The van der Waals surface area contributed by atoms with Crippen LogP contribution in [0.1, 0.15) is 32.1 Å². The largest absolute Gasteiger partial charge is 0.493 e. The van der Waals surface area contributed by atoms with Gasteiger partial charge in [-0.05, 0) is 49.1 Å². The number of ether oxygens (including phenoxy) is 1. The van der Waals surface area contributed by atoms with Gasteiger partial charge in [0, 0.05) is 17.6 Å². The van der Waals surface area contributed by atoms with Crippen molar-refractivity contribution < 1.29 is 13.2 Å². The number of nitrogens with zero attached hydrogens (tertiary/aromatic N) is 1. The van der Waals surface area contributed by atoms with E-state index in [1.54, 1.807) is 30.5 Å². The Morgan fingerprint density at radius 2 is 1.73 bits per heavy atom. The zero-order valence-corrected chi connectivity index (χ0v) is 15.5. The van der Waals surface area contributed by atoms with Crippen LogP contribution in [0.25, 0.3) is 10.9 Å². The molecule has 1 aliphatic rings. The van der Waals surface area contributed by atoms with Gasteiger partial charge in [-0.25, -0.2) is 12.4 Å². The van der Waals surface area contributed by atoms with Crippen molar-refractivity contribution in [2.24, 2.45) is 5.92 Å². The summed E-state index contributed by atoms with van der Waals surface area (Å²) >= 11 is 0. The topological polar surface area (TPSA) is 48.3 Å². The molecule has 0 aliphatic heterocycles. The normalized spacial score (nSPS) is 16.0. The lowest BCUT2D eigenvalue weighted by molar-refractivity contribution is 0.209. The molecule has 0 atom stereocenters. The highest BCUT2D eigenvalue weighted by Gasteiger charge is 2.19. The average molecular weight is 369 g/mol. The van der Waals surface area contributed by atoms with Gasteiger partial charge in [-0.15, -0.1) is 0 Å². The van der Waals surface area contributed by atoms with Crippen molar-refractivity contribution in [2.45, 2.75) is 37.0 Å². The van der Waals surface area contributed by atoms with E-state index in [1.807, 2.05) is 30.3 Å². The second kappa shape index (κ2) is 7.16. The molecule has 0 radical (unpaired) electrons. The van der Waals surface area contributed by atoms with Gasteiger partial charge in [0.15, 0.2) is 0 Å². The van der Waals surface area contributed by atoms with Crippen LogP contribution in [0.15, 0.2) is 65.7 Å². The summed E-state index contributed by atoms with van der Waals surface area (Å²) < 4.78 is 33.2. The maximum absolute atomic E-state index is 12.9. The minimum absolute atomic E-state index is 0.283. The Labute approximate surface area is 154 Å². The molecule has 4 nitrogen and oxygen atoms in total. The molecule has 1 saturated carbocycles. The molecule has 4 rings (SSSR count). The maximum Gasteiger partial charge on any atom is 0.268 e.